The fourth-order valence-electron chi connectivity index (χ4n) is 1.71. The average Bonchev–Trinajstić information content (AvgIpc) is 2.55. The van der Waals surface area contributed by atoms with Crippen LogP contribution in [0.15, 0.2) is 22.7 Å². The van der Waals surface area contributed by atoms with Crippen LogP contribution in [0.4, 0.5) is 23.7 Å². The highest BCUT2D eigenvalue weighted by Gasteiger charge is 2.34. The Morgan fingerprint density at radius 3 is 2.56 bits per heavy atom. The molecule has 1 atom stereocenters. The lowest BCUT2D eigenvalue weighted by Gasteiger charge is -2.16. The monoisotopic (exact) mass is 323 g/mol. The number of amides is 1. The van der Waals surface area contributed by atoms with Gasteiger partial charge in [0.25, 0.3) is 0 Å². The molecule has 1 fully saturated rings. The van der Waals surface area contributed by atoms with Crippen LogP contribution in [0, 0.1) is 0 Å². The Hall–Kier alpha value is -1.24. The van der Waals surface area contributed by atoms with Crippen molar-refractivity contribution in [1.82, 2.24) is 0 Å². The van der Waals surface area contributed by atoms with Crippen molar-refractivity contribution < 1.29 is 22.7 Å². The fourth-order valence-corrected chi connectivity index (χ4v) is 2.19. The Morgan fingerprint density at radius 1 is 1.39 bits per heavy atom. The molecule has 7 heteroatoms. The van der Waals surface area contributed by atoms with E-state index in [-0.39, 0.29) is 22.8 Å². The molecular weight excluding hydrogens is 315 g/mol. The summed E-state index contributed by atoms with van der Waals surface area (Å²) in [6.45, 7) is 1.92. The highest BCUT2D eigenvalue weighted by Crippen LogP contribution is 2.35. The molecule has 0 radical (unpaired) electrons. The number of benzene rings is 1. The zero-order valence-corrected chi connectivity index (χ0v) is 10.9. The molecule has 3 nitrogen and oxygen atoms in total. The van der Waals surface area contributed by atoms with Gasteiger partial charge in [-0.05, 0) is 25.1 Å². The molecule has 0 saturated carbocycles. The van der Waals surface area contributed by atoms with Crippen molar-refractivity contribution in [2.45, 2.75) is 19.2 Å². The molecule has 0 aromatic heterocycles. The van der Waals surface area contributed by atoms with Gasteiger partial charge in [-0.15, -0.1) is 0 Å². The number of halogens is 4. The van der Waals surface area contributed by atoms with Crippen molar-refractivity contribution in [1.29, 1.82) is 0 Å². The lowest BCUT2D eigenvalue weighted by Crippen LogP contribution is -2.24. The molecule has 0 aliphatic carbocycles. The molecule has 1 aromatic rings. The van der Waals surface area contributed by atoms with E-state index >= 15 is 0 Å². The van der Waals surface area contributed by atoms with Gasteiger partial charge < -0.3 is 4.74 Å². The van der Waals surface area contributed by atoms with E-state index in [1.165, 1.54) is 11.0 Å². The predicted molar refractivity (Wildman–Crippen MR) is 62.4 cm³/mol. The van der Waals surface area contributed by atoms with Crippen LogP contribution in [0.5, 0.6) is 0 Å². The molecule has 1 aliphatic heterocycles. The van der Waals surface area contributed by atoms with Crippen molar-refractivity contribution in [2.75, 3.05) is 11.4 Å². The van der Waals surface area contributed by atoms with E-state index in [1.54, 1.807) is 6.92 Å². The number of nitrogens with zero attached hydrogens (tertiary/aromatic N) is 1. The zero-order valence-electron chi connectivity index (χ0n) is 9.29. The van der Waals surface area contributed by atoms with Crippen LogP contribution in [0.2, 0.25) is 0 Å². The van der Waals surface area contributed by atoms with Crippen LogP contribution < -0.4 is 4.90 Å². The third kappa shape index (κ3) is 2.60. The van der Waals surface area contributed by atoms with Crippen LogP contribution in [0.25, 0.3) is 0 Å². The third-order valence-corrected chi connectivity index (χ3v) is 2.94. The van der Waals surface area contributed by atoms with Gasteiger partial charge in [-0.25, -0.2) is 4.79 Å². The average molecular weight is 324 g/mol. The van der Waals surface area contributed by atoms with Gasteiger partial charge in [0, 0.05) is 10.2 Å². The largest absolute Gasteiger partial charge is 0.444 e. The summed E-state index contributed by atoms with van der Waals surface area (Å²) >= 11 is 3.01. The van der Waals surface area contributed by atoms with Gasteiger partial charge in [0.2, 0.25) is 0 Å². The lowest BCUT2D eigenvalue weighted by atomic mass is 10.2. The van der Waals surface area contributed by atoms with Gasteiger partial charge in [-0.1, -0.05) is 15.9 Å². The third-order valence-electron chi connectivity index (χ3n) is 2.48. The highest BCUT2D eigenvalue weighted by molar-refractivity contribution is 9.10. The van der Waals surface area contributed by atoms with Crippen molar-refractivity contribution in [3.8, 4) is 0 Å². The Balaban J connectivity index is 2.40. The summed E-state index contributed by atoms with van der Waals surface area (Å²) in [5, 5.41) is 0. The summed E-state index contributed by atoms with van der Waals surface area (Å²) in [5.74, 6) is 0. The first-order valence-corrected chi connectivity index (χ1v) is 5.92. The summed E-state index contributed by atoms with van der Waals surface area (Å²) in [4.78, 5) is 12.6. The van der Waals surface area contributed by atoms with Gasteiger partial charge in [-0.2, -0.15) is 13.2 Å². The fraction of sp³-hybridized carbons (Fsp3) is 0.364. The lowest BCUT2D eigenvalue weighted by molar-refractivity contribution is -0.137. The normalized spacial score (nSPS) is 20.2. The van der Waals surface area contributed by atoms with E-state index in [0.29, 0.717) is 0 Å². The zero-order chi connectivity index (χ0) is 13.5. The number of anilines is 1. The molecule has 1 unspecified atom stereocenters. The van der Waals surface area contributed by atoms with Gasteiger partial charge in [-0.3, -0.25) is 4.90 Å². The topological polar surface area (TPSA) is 29.5 Å². The van der Waals surface area contributed by atoms with Gasteiger partial charge in [0.05, 0.1) is 12.1 Å². The molecule has 1 amide bonds. The molecular formula is C11H9BrF3NO2. The van der Waals surface area contributed by atoms with E-state index in [2.05, 4.69) is 15.9 Å². The van der Waals surface area contributed by atoms with Crippen LogP contribution in [0.3, 0.4) is 0 Å². The molecule has 0 spiro atoms. The van der Waals surface area contributed by atoms with Gasteiger partial charge in [0.1, 0.15) is 6.10 Å². The van der Waals surface area contributed by atoms with E-state index < -0.39 is 17.8 Å². The first-order chi connectivity index (χ1) is 8.27. The number of hydrogen-bond donors (Lipinski definition) is 0. The maximum absolute atomic E-state index is 12.7. The Bertz CT molecular complexity index is 490. The standard InChI is InChI=1S/C11H9BrF3NO2/c1-6-5-16(10(17)18-6)9-3-7(11(13,14)15)2-8(12)4-9/h2-4,6H,5H2,1H3. The predicted octanol–water partition coefficient (Wildman–Crippen LogP) is 3.81. The first kappa shape index (κ1) is 13.2. The smallest absolute Gasteiger partial charge is 0.416 e. The maximum Gasteiger partial charge on any atom is 0.416 e. The summed E-state index contributed by atoms with van der Waals surface area (Å²) in [5.41, 5.74) is -0.634. The first-order valence-electron chi connectivity index (χ1n) is 5.13. The number of alkyl halides is 3. The second kappa shape index (κ2) is 4.46. The summed E-state index contributed by atoms with van der Waals surface area (Å²) < 4.78 is 43.1. The maximum atomic E-state index is 12.7. The van der Waals surface area contributed by atoms with Gasteiger partial charge in [0.15, 0.2) is 0 Å². The molecule has 1 aliphatic rings. The molecule has 1 heterocycles. The van der Waals surface area contributed by atoms with E-state index in [4.69, 9.17) is 4.74 Å². The van der Waals surface area contributed by atoms with Crippen molar-refractivity contribution in [2.24, 2.45) is 0 Å². The Kier molecular flexibility index (Phi) is 3.27. The molecule has 98 valence electrons. The number of hydrogen-bond acceptors (Lipinski definition) is 2. The second-order valence-electron chi connectivity index (χ2n) is 4.00. The second-order valence-corrected chi connectivity index (χ2v) is 4.92. The van der Waals surface area contributed by atoms with Crippen molar-refractivity contribution in [3.63, 3.8) is 0 Å². The minimum absolute atomic E-state index is 0.172. The molecule has 2 rings (SSSR count). The molecule has 1 saturated heterocycles. The van der Waals surface area contributed by atoms with Crippen LogP contribution >= 0.6 is 15.9 Å². The molecule has 0 bridgehead atoms. The van der Waals surface area contributed by atoms with E-state index in [1.807, 2.05) is 0 Å². The number of ether oxygens (including phenoxy) is 1. The molecule has 0 N–H and O–H groups in total. The van der Waals surface area contributed by atoms with Crippen molar-refractivity contribution >= 4 is 27.7 Å². The molecule has 1 aromatic carbocycles. The number of carbonyl (C=O) groups is 1. The van der Waals surface area contributed by atoms with E-state index in [9.17, 15) is 18.0 Å². The quantitative estimate of drug-likeness (QED) is 0.786. The summed E-state index contributed by atoms with van der Waals surface area (Å²) in [6.07, 6.45) is -5.41. The van der Waals surface area contributed by atoms with Crippen molar-refractivity contribution in [3.05, 3.63) is 28.2 Å². The molecule has 18 heavy (non-hydrogen) atoms. The summed E-state index contributed by atoms with van der Waals surface area (Å²) in [6, 6.07) is 3.35. The highest BCUT2D eigenvalue weighted by atomic mass is 79.9. The Labute approximate surface area is 110 Å². The van der Waals surface area contributed by atoms with Gasteiger partial charge >= 0.3 is 12.3 Å². The number of cyclic esters (lactones) is 1. The minimum Gasteiger partial charge on any atom is -0.444 e. The van der Waals surface area contributed by atoms with Crippen LogP contribution in [-0.2, 0) is 10.9 Å². The number of carbonyl (C=O) groups excluding carboxylic acids is 1. The Morgan fingerprint density at radius 2 is 2.06 bits per heavy atom. The van der Waals surface area contributed by atoms with Crippen LogP contribution in [-0.4, -0.2) is 18.7 Å². The minimum atomic E-state index is -4.45. The van der Waals surface area contributed by atoms with Crippen LogP contribution in [0.1, 0.15) is 12.5 Å². The van der Waals surface area contributed by atoms with E-state index in [0.717, 1.165) is 12.1 Å². The number of rotatable bonds is 1. The SMILES string of the molecule is CC1CN(c2cc(Br)cc(C(F)(F)F)c2)C(=O)O1. The summed E-state index contributed by atoms with van der Waals surface area (Å²) in [7, 11) is 0.